The van der Waals surface area contributed by atoms with E-state index in [1.165, 1.54) is 12.1 Å². The Bertz CT molecular complexity index is 664. The Labute approximate surface area is 124 Å². The zero-order valence-electron chi connectivity index (χ0n) is 10.8. The van der Waals surface area contributed by atoms with E-state index in [1.807, 2.05) is 24.3 Å². The summed E-state index contributed by atoms with van der Waals surface area (Å²) in [5.41, 5.74) is 7.81. The summed E-state index contributed by atoms with van der Waals surface area (Å²) in [5.74, 6) is -0.498. The number of nitrogens with two attached hydrogens (primary N) is 1. The first-order chi connectivity index (χ1) is 9.47. The first-order valence-electron chi connectivity index (χ1n) is 5.88. The van der Waals surface area contributed by atoms with E-state index in [0.717, 1.165) is 11.1 Å². The van der Waals surface area contributed by atoms with Crippen molar-refractivity contribution in [1.29, 1.82) is 0 Å². The number of anilines is 1. The van der Waals surface area contributed by atoms with Crippen molar-refractivity contribution in [3.8, 4) is 11.1 Å². The van der Waals surface area contributed by atoms with E-state index in [0.29, 0.717) is 17.1 Å². The summed E-state index contributed by atoms with van der Waals surface area (Å²) in [4.78, 5) is 0. The van der Waals surface area contributed by atoms with Crippen molar-refractivity contribution in [2.24, 2.45) is 0 Å². The van der Waals surface area contributed by atoms with E-state index >= 15 is 0 Å². The zero-order chi connectivity index (χ0) is 14.7. The van der Waals surface area contributed by atoms with E-state index in [2.05, 4.69) is 4.72 Å². The summed E-state index contributed by atoms with van der Waals surface area (Å²) in [6.07, 6.45) is 1.57. The molecule has 3 N–H and O–H groups in total. The van der Waals surface area contributed by atoms with Crippen LogP contribution in [0.4, 0.5) is 10.1 Å². The predicted octanol–water partition coefficient (Wildman–Crippen LogP) is 3.11. The van der Waals surface area contributed by atoms with Crippen LogP contribution >= 0.6 is 11.6 Å². The summed E-state index contributed by atoms with van der Waals surface area (Å²) >= 11 is 6.10. The minimum Gasteiger partial charge on any atom is -0.396 e. The molecule has 2 aromatic rings. The van der Waals surface area contributed by atoms with Crippen molar-refractivity contribution in [3.05, 3.63) is 52.8 Å². The number of benzene rings is 2. The predicted molar refractivity (Wildman–Crippen MR) is 82.2 cm³/mol. The first kappa shape index (κ1) is 15.0. The summed E-state index contributed by atoms with van der Waals surface area (Å²) in [6.45, 7) is 0.464. The third-order valence-electron chi connectivity index (χ3n) is 2.80. The van der Waals surface area contributed by atoms with Crippen LogP contribution in [0.2, 0.25) is 5.02 Å². The van der Waals surface area contributed by atoms with Crippen LogP contribution in [0.15, 0.2) is 36.4 Å². The topological polar surface area (TPSA) is 55.1 Å². The van der Waals surface area contributed by atoms with Gasteiger partial charge in [-0.3, -0.25) is 0 Å². The van der Waals surface area contributed by atoms with E-state index in [1.54, 1.807) is 6.26 Å². The molecule has 106 valence electrons. The molecule has 0 fully saturated rings. The SMILES string of the molecule is CS(=O)NCc1cccc(-c2cc(F)c(N)cc2Cl)c1. The standard InChI is InChI=1S/C14H14ClFN2OS/c1-20(19)18-8-9-3-2-4-10(5-9)11-6-13(16)14(17)7-12(11)15/h2-7,18H,8,17H2,1H3. The molecule has 0 aliphatic rings. The van der Waals surface area contributed by atoms with Crippen LogP contribution in [0.25, 0.3) is 11.1 Å². The first-order valence-corrected chi connectivity index (χ1v) is 7.81. The van der Waals surface area contributed by atoms with Crippen LogP contribution in [0.5, 0.6) is 0 Å². The molecule has 20 heavy (non-hydrogen) atoms. The number of rotatable bonds is 4. The Hall–Kier alpha value is -1.43. The average Bonchev–Trinajstić information content (AvgIpc) is 2.41. The van der Waals surface area contributed by atoms with Gasteiger partial charge < -0.3 is 5.73 Å². The van der Waals surface area contributed by atoms with Gasteiger partial charge in [0.2, 0.25) is 0 Å². The molecule has 0 heterocycles. The fourth-order valence-electron chi connectivity index (χ4n) is 1.82. The molecule has 0 spiro atoms. The second-order valence-electron chi connectivity index (χ2n) is 4.33. The molecule has 0 aliphatic heterocycles. The molecule has 0 saturated heterocycles. The largest absolute Gasteiger partial charge is 0.396 e. The van der Waals surface area contributed by atoms with Gasteiger partial charge >= 0.3 is 0 Å². The van der Waals surface area contributed by atoms with Crippen LogP contribution in [0, 0.1) is 5.82 Å². The highest BCUT2D eigenvalue weighted by Crippen LogP contribution is 2.31. The maximum absolute atomic E-state index is 13.6. The Morgan fingerprint density at radius 3 is 2.80 bits per heavy atom. The van der Waals surface area contributed by atoms with Crippen molar-refractivity contribution in [3.63, 3.8) is 0 Å². The number of hydrogen-bond donors (Lipinski definition) is 2. The summed E-state index contributed by atoms with van der Waals surface area (Å²) in [5, 5.41) is 0.396. The van der Waals surface area contributed by atoms with Gasteiger partial charge in [0, 0.05) is 18.4 Å². The lowest BCUT2D eigenvalue weighted by Gasteiger charge is -2.09. The fourth-order valence-corrected chi connectivity index (χ4v) is 2.47. The van der Waals surface area contributed by atoms with E-state index < -0.39 is 16.8 Å². The molecular weight excluding hydrogens is 299 g/mol. The van der Waals surface area contributed by atoms with Crippen LogP contribution in [0.1, 0.15) is 5.56 Å². The quantitative estimate of drug-likeness (QED) is 0.852. The average molecular weight is 313 g/mol. The van der Waals surface area contributed by atoms with E-state index in [4.69, 9.17) is 17.3 Å². The summed E-state index contributed by atoms with van der Waals surface area (Å²) in [7, 11) is -1.08. The van der Waals surface area contributed by atoms with Crippen LogP contribution in [-0.4, -0.2) is 10.5 Å². The summed E-state index contributed by atoms with van der Waals surface area (Å²) < 4.78 is 27.4. The van der Waals surface area contributed by atoms with Gasteiger partial charge in [0.1, 0.15) is 5.82 Å². The van der Waals surface area contributed by atoms with Crippen molar-refractivity contribution >= 4 is 28.3 Å². The Morgan fingerprint density at radius 1 is 1.35 bits per heavy atom. The van der Waals surface area contributed by atoms with Crippen molar-refractivity contribution in [2.45, 2.75) is 6.54 Å². The second-order valence-corrected chi connectivity index (χ2v) is 5.93. The second kappa shape index (κ2) is 6.35. The lowest BCUT2D eigenvalue weighted by atomic mass is 10.0. The minimum atomic E-state index is -1.08. The Morgan fingerprint density at radius 2 is 2.10 bits per heavy atom. The van der Waals surface area contributed by atoms with Crippen molar-refractivity contribution in [1.82, 2.24) is 4.72 Å². The molecular formula is C14H14ClFN2OS. The van der Waals surface area contributed by atoms with Crippen LogP contribution < -0.4 is 10.5 Å². The molecule has 0 aromatic heterocycles. The number of halogens is 2. The fraction of sp³-hybridized carbons (Fsp3) is 0.143. The van der Waals surface area contributed by atoms with Crippen LogP contribution in [-0.2, 0) is 17.5 Å². The third-order valence-corrected chi connectivity index (χ3v) is 3.67. The molecule has 0 amide bonds. The normalized spacial score (nSPS) is 12.3. The van der Waals surface area contributed by atoms with Crippen LogP contribution in [0.3, 0.4) is 0 Å². The third kappa shape index (κ3) is 3.56. The Balaban J connectivity index is 2.36. The molecule has 2 aromatic carbocycles. The molecule has 1 unspecified atom stereocenters. The molecule has 1 atom stereocenters. The molecule has 0 radical (unpaired) electrons. The number of hydrogen-bond acceptors (Lipinski definition) is 2. The van der Waals surface area contributed by atoms with Gasteiger partial charge in [-0.15, -0.1) is 0 Å². The lowest BCUT2D eigenvalue weighted by molar-refractivity contribution is 0.633. The van der Waals surface area contributed by atoms with E-state index in [9.17, 15) is 8.60 Å². The number of nitrogens with one attached hydrogen (secondary N) is 1. The van der Waals surface area contributed by atoms with Gasteiger partial charge in [-0.1, -0.05) is 29.8 Å². The molecule has 0 saturated carbocycles. The maximum atomic E-state index is 13.6. The van der Waals surface area contributed by atoms with Gasteiger partial charge in [-0.25, -0.2) is 13.3 Å². The summed E-state index contributed by atoms with van der Waals surface area (Å²) in [6, 6.07) is 10.2. The molecule has 6 heteroatoms. The molecule has 0 aliphatic carbocycles. The highest BCUT2D eigenvalue weighted by Gasteiger charge is 2.09. The molecule has 0 bridgehead atoms. The van der Waals surface area contributed by atoms with Gasteiger partial charge in [0.05, 0.1) is 21.7 Å². The van der Waals surface area contributed by atoms with Gasteiger partial charge in [0.25, 0.3) is 0 Å². The minimum absolute atomic E-state index is 0.0259. The monoisotopic (exact) mass is 312 g/mol. The highest BCUT2D eigenvalue weighted by atomic mass is 35.5. The van der Waals surface area contributed by atoms with Crippen molar-refractivity contribution in [2.75, 3.05) is 12.0 Å². The number of nitrogen functional groups attached to an aromatic ring is 1. The van der Waals surface area contributed by atoms with Crippen molar-refractivity contribution < 1.29 is 8.60 Å². The zero-order valence-corrected chi connectivity index (χ0v) is 12.4. The Kier molecular flexibility index (Phi) is 4.75. The van der Waals surface area contributed by atoms with Gasteiger partial charge in [0.15, 0.2) is 0 Å². The lowest BCUT2D eigenvalue weighted by Crippen LogP contribution is -2.14. The smallest absolute Gasteiger partial charge is 0.146 e. The molecule has 3 nitrogen and oxygen atoms in total. The maximum Gasteiger partial charge on any atom is 0.146 e. The highest BCUT2D eigenvalue weighted by molar-refractivity contribution is 7.82. The molecule has 2 rings (SSSR count). The van der Waals surface area contributed by atoms with Gasteiger partial charge in [-0.05, 0) is 29.3 Å². The van der Waals surface area contributed by atoms with Gasteiger partial charge in [-0.2, -0.15) is 0 Å². The van der Waals surface area contributed by atoms with E-state index in [-0.39, 0.29) is 5.69 Å².